The number of hydrogen-bond donors (Lipinski definition) is 0. The molecule has 2 heterocycles. The predicted molar refractivity (Wildman–Crippen MR) is 63.3 cm³/mol. The molecule has 2 aromatic rings. The van der Waals surface area contributed by atoms with Crippen molar-refractivity contribution in [1.29, 1.82) is 0 Å². The first-order valence-electron chi connectivity index (χ1n) is 5.74. The lowest BCUT2D eigenvalue weighted by molar-refractivity contribution is 0.727. The Balaban J connectivity index is 2.66. The van der Waals surface area contributed by atoms with E-state index in [-0.39, 0.29) is 0 Å². The van der Waals surface area contributed by atoms with E-state index in [9.17, 15) is 0 Å². The van der Waals surface area contributed by atoms with Crippen LogP contribution >= 0.6 is 0 Å². The molecule has 2 aromatic heterocycles. The minimum Gasteiger partial charge on any atom is -0.240 e. The van der Waals surface area contributed by atoms with Crippen molar-refractivity contribution in [2.45, 2.75) is 39.5 Å². The van der Waals surface area contributed by atoms with Crippen LogP contribution in [0.3, 0.4) is 0 Å². The minimum absolute atomic E-state index is 0.597. The Labute approximate surface area is 90.9 Å². The van der Waals surface area contributed by atoms with Gasteiger partial charge in [0.25, 0.3) is 0 Å². The summed E-state index contributed by atoms with van der Waals surface area (Å²) in [5.41, 5.74) is 3.94. The highest BCUT2D eigenvalue weighted by Crippen LogP contribution is 2.27. The lowest BCUT2D eigenvalue weighted by Gasteiger charge is -2.08. The van der Waals surface area contributed by atoms with Gasteiger partial charge in [-0.1, -0.05) is 26.8 Å². The van der Waals surface area contributed by atoms with Crippen molar-refractivity contribution in [3.8, 4) is 0 Å². The van der Waals surface area contributed by atoms with Crippen LogP contribution in [0.25, 0.3) is 5.52 Å². The molecule has 0 unspecified atom stereocenters. The molecule has 2 nitrogen and oxygen atoms in total. The zero-order valence-corrected chi connectivity index (χ0v) is 9.70. The van der Waals surface area contributed by atoms with Crippen LogP contribution in [0.2, 0.25) is 0 Å². The standard InChI is InChI=1S/C13H18N2/c1-4-10(3)13-11(5-2)14-15-9-7-6-8-12(13)15/h6-10H,4-5H2,1-3H3/t10-/m1/s1. The first-order valence-corrected chi connectivity index (χ1v) is 5.74. The Kier molecular flexibility index (Phi) is 2.76. The van der Waals surface area contributed by atoms with Crippen LogP contribution in [-0.2, 0) is 6.42 Å². The third-order valence-electron chi connectivity index (χ3n) is 3.09. The Morgan fingerprint density at radius 2 is 2.13 bits per heavy atom. The molecular formula is C13H18N2. The molecule has 0 aliphatic heterocycles. The highest BCUT2D eigenvalue weighted by Gasteiger charge is 2.15. The molecule has 0 bridgehead atoms. The molecule has 2 rings (SSSR count). The summed E-state index contributed by atoms with van der Waals surface area (Å²) in [6, 6.07) is 6.27. The number of fused-ring (bicyclic) bond motifs is 1. The molecule has 0 radical (unpaired) electrons. The average molecular weight is 202 g/mol. The van der Waals surface area contributed by atoms with Gasteiger partial charge in [0, 0.05) is 11.8 Å². The molecule has 0 fully saturated rings. The molecule has 0 saturated heterocycles. The number of rotatable bonds is 3. The van der Waals surface area contributed by atoms with Crippen LogP contribution in [0.5, 0.6) is 0 Å². The molecule has 0 N–H and O–H groups in total. The molecule has 0 aromatic carbocycles. The van der Waals surface area contributed by atoms with Crippen molar-refractivity contribution < 1.29 is 0 Å². The topological polar surface area (TPSA) is 17.3 Å². The summed E-state index contributed by atoms with van der Waals surface area (Å²) < 4.78 is 2.00. The first-order chi connectivity index (χ1) is 7.27. The van der Waals surface area contributed by atoms with Gasteiger partial charge in [0.2, 0.25) is 0 Å². The second kappa shape index (κ2) is 4.05. The molecular weight excluding hydrogens is 184 g/mol. The third-order valence-corrected chi connectivity index (χ3v) is 3.09. The average Bonchev–Trinajstić information content (AvgIpc) is 2.66. The zero-order valence-electron chi connectivity index (χ0n) is 9.70. The summed E-state index contributed by atoms with van der Waals surface area (Å²) in [5.74, 6) is 0.597. The van der Waals surface area contributed by atoms with E-state index >= 15 is 0 Å². The highest BCUT2D eigenvalue weighted by atomic mass is 15.2. The fourth-order valence-corrected chi connectivity index (χ4v) is 2.07. The Morgan fingerprint density at radius 3 is 2.80 bits per heavy atom. The first kappa shape index (κ1) is 10.2. The van der Waals surface area contributed by atoms with E-state index < -0.39 is 0 Å². The van der Waals surface area contributed by atoms with Crippen molar-refractivity contribution in [2.75, 3.05) is 0 Å². The van der Waals surface area contributed by atoms with Gasteiger partial charge in [0.05, 0.1) is 11.2 Å². The maximum atomic E-state index is 4.62. The second-order valence-corrected chi connectivity index (χ2v) is 4.05. The van der Waals surface area contributed by atoms with Gasteiger partial charge in [0.15, 0.2) is 0 Å². The van der Waals surface area contributed by atoms with Gasteiger partial charge in [-0.25, -0.2) is 4.52 Å². The van der Waals surface area contributed by atoms with Crippen LogP contribution in [0.4, 0.5) is 0 Å². The van der Waals surface area contributed by atoms with Gasteiger partial charge in [-0.15, -0.1) is 0 Å². The molecule has 2 heteroatoms. The fourth-order valence-electron chi connectivity index (χ4n) is 2.07. The minimum atomic E-state index is 0.597. The van der Waals surface area contributed by atoms with Crippen molar-refractivity contribution >= 4 is 5.52 Å². The second-order valence-electron chi connectivity index (χ2n) is 4.05. The van der Waals surface area contributed by atoms with E-state index in [1.807, 2.05) is 16.8 Å². The lowest BCUT2D eigenvalue weighted by atomic mass is 9.96. The molecule has 0 spiro atoms. The van der Waals surface area contributed by atoms with Crippen molar-refractivity contribution in [3.05, 3.63) is 35.7 Å². The van der Waals surface area contributed by atoms with Crippen LogP contribution < -0.4 is 0 Å². The third kappa shape index (κ3) is 1.65. The van der Waals surface area contributed by atoms with Gasteiger partial charge >= 0.3 is 0 Å². The van der Waals surface area contributed by atoms with Crippen molar-refractivity contribution in [3.63, 3.8) is 0 Å². The van der Waals surface area contributed by atoms with Gasteiger partial charge in [-0.2, -0.15) is 5.10 Å². The van der Waals surface area contributed by atoms with Gasteiger partial charge in [-0.05, 0) is 30.9 Å². The van der Waals surface area contributed by atoms with E-state index in [1.54, 1.807) is 0 Å². The fraction of sp³-hybridized carbons (Fsp3) is 0.462. The van der Waals surface area contributed by atoms with Gasteiger partial charge in [0.1, 0.15) is 0 Å². The Morgan fingerprint density at radius 1 is 1.33 bits per heavy atom. The van der Waals surface area contributed by atoms with Crippen LogP contribution in [-0.4, -0.2) is 9.61 Å². The smallest absolute Gasteiger partial charge is 0.0699 e. The lowest BCUT2D eigenvalue weighted by Crippen LogP contribution is -1.95. The summed E-state index contributed by atoms with van der Waals surface area (Å²) in [6.45, 7) is 6.69. The number of aryl methyl sites for hydroxylation is 1. The maximum Gasteiger partial charge on any atom is 0.0699 e. The quantitative estimate of drug-likeness (QED) is 0.745. The van der Waals surface area contributed by atoms with E-state index in [0.29, 0.717) is 5.92 Å². The highest BCUT2D eigenvalue weighted by molar-refractivity contribution is 5.58. The van der Waals surface area contributed by atoms with Crippen molar-refractivity contribution in [1.82, 2.24) is 9.61 Å². The maximum absolute atomic E-state index is 4.62. The van der Waals surface area contributed by atoms with E-state index in [4.69, 9.17) is 0 Å². The van der Waals surface area contributed by atoms with Gasteiger partial charge in [-0.3, -0.25) is 0 Å². The molecule has 0 saturated carbocycles. The molecule has 1 atom stereocenters. The number of hydrogen-bond acceptors (Lipinski definition) is 1. The zero-order chi connectivity index (χ0) is 10.8. The number of pyridine rings is 1. The molecule has 80 valence electrons. The van der Waals surface area contributed by atoms with E-state index in [1.165, 1.54) is 23.2 Å². The van der Waals surface area contributed by atoms with E-state index in [0.717, 1.165) is 6.42 Å². The van der Waals surface area contributed by atoms with Crippen LogP contribution in [0, 0.1) is 0 Å². The number of aromatic nitrogens is 2. The Hall–Kier alpha value is -1.31. The summed E-state index contributed by atoms with van der Waals surface area (Å²) in [5, 5.41) is 4.62. The largest absolute Gasteiger partial charge is 0.240 e. The molecule has 15 heavy (non-hydrogen) atoms. The molecule has 0 amide bonds. The summed E-state index contributed by atoms with van der Waals surface area (Å²) in [6.07, 6.45) is 4.21. The molecule has 0 aliphatic carbocycles. The summed E-state index contributed by atoms with van der Waals surface area (Å²) in [4.78, 5) is 0. The SMILES string of the molecule is CCc1nn2ccccc2c1[C@H](C)CC. The normalized spacial score (nSPS) is 13.3. The Bertz CT molecular complexity index is 457. The predicted octanol–water partition coefficient (Wildman–Crippen LogP) is 3.41. The van der Waals surface area contributed by atoms with Crippen molar-refractivity contribution in [2.24, 2.45) is 0 Å². The summed E-state index contributed by atoms with van der Waals surface area (Å²) >= 11 is 0. The molecule has 0 aliphatic rings. The van der Waals surface area contributed by atoms with Crippen LogP contribution in [0.15, 0.2) is 24.4 Å². The summed E-state index contributed by atoms with van der Waals surface area (Å²) in [7, 11) is 0. The van der Waals surface area contributed by atoms with E-state index in [2.05, 4.69) is 38.0 Å². The van der Waals surface area contributed by atoms with Crippen LogP contribution in [0.1, 0.15) is 44.4 Å². The number of nitrogens with zero attached hydrogens (tertiary/aromatic N) is 2. The monoisotopic (exact) mass is 202 g/mol. The van der Waals surface area contributed by atoms with Gasteiger partial charge < -0.3 is 0 Å².